The minimum absolute atomic E-state index is 0. The van der Waals surface area contributed by atoms with Crippen LogP contribution >= 0.6 is 36.3 Å². The lowest BCUT2D eigenvalue weighted by atomic mass is 9.81. The number of anilines is 1. The van der Waals surface area contributed by atoms with Gasteiger partial charge in [0.25, 0.3) is 0 Å². The van der Waals surface area contributed by atoms with Crippen molar-refractivity contribution in [1.82, 2.24) is 14.3 Å². The summed E-state index contributed by atoms with van der Waals surface area (Å²) >= 11 is 1.46. The molecule has 6 nitrogen and oxygen atoms in total. The Labute approximate surface area is 166 Å². The van der Waals surface area contributed by atoms with Gasteiger partial charge < -0.3 is 15.5 Å². The molecule has 9 heteroatoms. The van der Waals surface area contributed by atoms with Gasteiger partial charge in [0.2, 0.25) is 11.0 Å². The first-order chi connectivity index (χ1) is 11.1. The molecule has 0 spiro atoms. The van der Waals surface area contributed by atoms with Crippen LogP contribution in [-0.4, -0.2) is 51.9 Å². The molecule has 0 bridgehead atoms. The molecule has 0 aromatic carbocycles. The predicted octanol–water partition coefficient (Wildman–Crippen LogP) is 2.64. The van der Waals surface area contributed by atoms with Crippen LogP contribution in [0.3, 0.4) is 0 Å². The van der Waals surface area contributed by atoms with Crippen LogP contribution in [0.4, 0.5) is 5.13 Å². The molecule has 2 fully saturated rings. The molecule has 2 aliphatic rings. The molecular weight excluding hydrogens is 381 g/mol. The average Bonchev–Trinajstić information content (AvgIpc) is 2.92. The van der Waals surface area contributed by atoms with E-state index in [0.29, 0.717) is 0 Å². The highest BCUT2D eigenvalue weighted by molar-refractivity contribution is 7.09. The molecule has 1 aliphatic heterocycles. The first-order valence-electron chi connectivity index (χ1n) is 8.78. The van der Waals surface area contributed by atoms with Gasteiger partial charge in [-0.1, -0.05) is 26.2 Å². The Morgan fingerprint density at radius 2 is 1.84 bits per heavy atom. The first-order valence-corrected chi connectivity index (χ1v) is 9.55. The Morgan fingerprint density at radius 3 is 2.48 bits per heavy atom. The maximum Gasteiger partial charge on any atom is 0.242 e. The van der Waals surface area contributed by atoms with E-state index in [4.69, 9.17) is 5.73 Å². The van der Waals surface area contributed by atoms with Crippen LogP contribution in [0, 0.1) is 0 Å². The molecule has 25 heavy (non-hydrogen) atoms. The summed E-state index contributed by atoms with van der Waals surface area (Å²) in [6.07, 6.45) is 6.86. The van der Waals surface area contributed by atoms with Gasteiger partial charge >= 0.3 is 0 Å². The zero-order valence-electron chi connectivity index (χ0n) is 14.8. The summed E-state index contributed by atoms with van der Waals surface area (Å²) in [6.45, 7) is 5.35. The van der Waals surface area contributed by atoms with Gasteiger partial charge in [0.05, 0.1) is 5.54 Å². The Balaban J connectivity index is 0.00000156. The second-order valence-electron chi connectivity index (χ2n) is 6.70. The highest BCUT2D eigenvalue weighted by Crippen LogP contribution is 2.28. The van der Waals surface area contributed by atoms with E-state index < -0.39 is 5.54 Å². The van der Waals surface area contributed by atoms with E-state index in [1.807, 2.05) is 4.90 Å². The Kier molecular flexibility index (Phi) is 8.87. The predicted molar refractivity (Wildman–Crippen MR) is 107 cm³/mol. The minimum atomic E-state index is -0.620. The number of nitrogens with zero attached hydrogens (tertiary/aromatic N) is 4. The quantitative estimate of drug-likeness (QED) is 0.829. The van der Waals surface area contributed by atoms with Crippen molar-refractivity contribution in [2.24, 2.45) is 5.73 Å². The van der Waals surface area contributed by atoms with Crippen molar-refractivity contribution in [2.45, 2.75) is 57.4 Å². The lowest BCUT2D eigenvalue weighted by Crippen LogP contribution is -2.56. The topological polar surface area (TPSA) is 75.4 Å². The van der Waals surface area contributed by atoms with Gasteiger partial charge in [0.1, 0.15) is 5.82 Å². The number of amides is 1. The van der Waals surface area contributed by atoms with E-state index in [-0.39, 0.29) is 30.7 Å². The number of halogens is 2. The fraction of sp³-hybridized carbons (Fsp3) is 0.812. The van der Waals surface area contributed by atoms with Gasteiger partial charge in [-0.2, -0.15) is 4.37 Å². The van der Waals surface area contributed by atoms with Gasteiger partial charge in [-0.3, -0.25) is 4.79 Å². The summed E-state index contributed by atoms with van der Waals surface area (Å²) in [4.78, 5) is 21.7. The smallest absolute Gasteiger partial charge is 0.242 e. The Morgan fingerprint density at radius 1 is 1.12 bits per heavy atom. The van der Waals surface area contributed by atoms with E-state index >= 15 is 0 Å². The SMILES string of the molecule is CCc1nsc(N2CCCN(C(=O)C3(N)CCCCC3)CC2)n1.Cl.Cl. The zero-order chi connectivity index (χ0) is 16.3. The van der Waals surface area contributed by atoms with E-state index in [1.54, 1.807) is 0 Å². The number of nitrogens with two attached hydrogens (primary N) is 1. The van der Waals surface area contributed by atoms with Crippen molar-refractivity contribution in [1.29, 1.82) is 0 Å². The van der Waals surface area contributed by atoms with E-state index in [2.05, 4.69) is 21.2 Å². The Bertz CT molecular complexity index is 550. The minimum Gasteiger partial charge on any atom is -0.345 e. The number of carbonyl (C=O) groups excluding carboxylic acids is 1. The summed E-state index contributed by atoms with van der Waals surface area (Å²) < 4.78 is 4.37. The van der Waals surface area contributed by atoms with E-state index in [0.717, 1.165) is 75.7 Å². The number of carbonyl (C=O) groups is 1. The van der Waals surface area contributed by atoms with Crippen molar-refractivity contribution in [3.63, 3.8) is 0 Å². The number of hydrogen-bond acceptors (Lipinski definition) is 6. The van der Waals surface area contributed by atoms with Crippen molar-refractivity contribution in [3.8, 4) is 0 Å². The molecule has 1 saturated heterocycles. The van der Waals surface area contributed by atoms with Crippen molar-refractivity contribution in [3.05, 3.63) is 5.82 Å². The molecule has 1 amide bonds. The second-order valence-corrected chi connectivity index (χ2v) is 7.43. The molecule has 2 heterocycles. The normalized spacial score (nSPS) is 20.2. The first kappa shape index (κ1) is 22.4. The third kappa shape index (κ3) is 5.18. The van der Waals surface area contributed by atoms with Crippen LogP contribution in [0.5, 0.6) is 0 Å². The van der Waals surface area contributed by atoms with Gasteiger partial charge in [-0.05, 0) is 19.3 Å². The largest absolute Gasteiger partial charge is 0.345 e. The number of aryl methyl sites for hydroxylation is 1. The molecule has 0 radical (unpaired) electrons. The highest BCUT2D eigenvalue weighted by atomic mass is 35.5. The van der Waals surface area contributed by atoms with Crippen molar-refractivity contribution in [2.75, 3.05) is 31.1 Å². The molecular formula is C16H29Cl2N5OS. The molecule has 0 unspecified atom stereocenters. The summed E-state index contributed by atoms with van der Waals surface area (Å²) in [5, 5.41) is 0.983. The molecule has 1 aromatic rings. The monoisotopic (exact) mass is 409 g/mol. The highest BCUT2D eigenvalue weighted by Gasteiger charge is 2.38. The number of aromatic nitrogens is 2. The third-order valence-electron chi connectivity index (χ3n) is 5.00. The van der Waals surface area contributed by atoms with Crippen LogP contribution in [0.25, 0.3) is 0 Å². The number of rotatable bonds is 3. The summed E-state index contributed by atoms with van der Waals surface area (Å²) in [6, 6.07) is 0. The average molecular weight is 410 g/mol. The molecule has 0 atom stereocenters. The molecule has 1 saturated carbocycles. The van der Waals surface area contributed by atoms with Crippen LogP contribution < -0.4 is 10.6 Å². The van der Waals surface area contributed by atoms with Crippen LogP contribution in [-0.2, 0) is 11.2 Å². The van der Waals surface area contributed by atoms with Crippen molar-refractivity contribution < 1.29 is 4.79 Å². The molecule has 144 valence electrons. The van der Waals surface area contributed by atoms with Crippen LogP contribution in [0.1, 0.15) is 51.3 Å². The second kappa shape index (κ2) is 9.90. The maximum atomic E-state index is 12.9. The summed E-state index contributed by atoms with van der Waals surface area (Å²) in [7, 11) is 0. The molecule has 1 aliphatic carbocycles. The van der Waals surface area contributed by atoms with E-state index in [1.165, 1.54) is 18.0 Å². The van der Waals surface area contributed by atoms with Crippen molar-refractivity contribution >= 4 is 47.4 Å². The molecule has 3 rings (SSSR count). The fourth-order valence-corrected chi connectivity index (χ4v) is 4.34. The van der Waals surface area contributed by atoms with Gasteiger partial charge in [0, 0.05) is 44.1 Å². The Hall–Kier alpha value is -0.630. The summed E-state index contributed by atoms with van der Waals surface area (Å²) in [5.74, 6) is 1.07. The molecule has 1 aromatic heterocycles. The lowest BCUT2D eigenvalue weighted by molar-refractivity contribution is -0.138. The van der Waals surface area contributed by atoms with Gasteiger partial charge in [-0.15, -0.1) is 24.8 Å². The zero-order valence-corrected chi connectivity index (χ0v) is 17.2. The van der Waals surface area contributed by atoms with Gasteiger partial charge in [0.15, 0.2) is 0 Å². The number of hydrogen-bond donors (Lipinski definition) is 1. The maximum absolute atomic E-state index is 12.9. The summed E-state index contributed by atoms with van der Waals surface area (Å²) in [5.41, 5.74) is 5.81. The molecule has 2 N–H and O–H groups in total. The third-order valence-corrected chi connectivity index (χ3v) is 5.81. The van der Waals surface area contributed by atoms with Gasteiger partial charge in [-0.25, -0.2) is 4.98 Å². The van der Waals surface area contributed by atoms with Crippen LogP contribution in [0.2, 0.25) is 0 Å². The fourth-order valence-electron chi connectivity index (χ4n) is 3.54. The van der Waals surface area contributed by atoms with E-state index in [9.17, 15) is 4.79 Å². The standard InChI is InChI=1S/C16H27N5OS.2ClH/c1-2-13-18-15(23-19-13)21-10-6-9-20(11-12-21)14(22)16(17)7-4-3-5-8-16;;/h2-12,17H2,1H3;2*1H. The lowest BCUT2D eigenvalue weighted by Gasteiger charge is -2.36. The van der Waals surface area contributed by atoms with Crippen LogP contribution in [0.15, 0.2) is 0 Å².